The predicted octanol–water partition coefficient (Wildman–Crippen LogP) is 0.878. The first-order chi connectivity index (χ1) is 13.0. The number of carbonyl (C=O) groups is 3. The van der Waals surface area contributed by atoms with Gasteiger partial charge in [-0.15, -0.1) is 0 Å². The molecule has 0 aliphatic carbocycles. The van der Waals surface area contributed by atoms with E-state index in [4.69, 9.17) is 0 Å². The molecule has 2 fully saturated rings. The summed E-state index contributed by atoms with van der Waals surface area (Å²) in [5, 5.41) is 5.17. The molecule has 2 aromatic heterocycles. The first-order valence-electron chi connectivity index (χ1n) is 9.19. The molecule has 0 bridgehead atoms. The molecule has 0 spiro atoms. The van der Waals surface area contributed by atoms with E-state index in [2.05, 4.69) is 20.6 Å². The van der Waals surface area contributed by atoms with E-state index >= 15 is 0 Å². The van der Waals surface area contributed by atoms with Gasteiger partial charge in [0, 0.05) is 25.5 Å². The van der Waals surface area contributed by atoms with Crippen molar-refractivity contribution in [2.24, 2.45) is 5.92 Å². The van der Waals surface area contributed by atoms with Crippen molar-refractivity contribution in [3.05, 3.63) is 29.8 Å². The van der Waals surface area contributed by atoms with Crippen LogP contribution in [0.2, 0.25) is 0 Å². The van der Waals surface area contributed by atoms with E-state index in [1.807, 2.05) is 6.92 Å². The van der Waals surface area contributed by atoms with Gasteiger partial charge in [-0.05, 0) is 38.2 Å². The predicted molar refractivity (Wildman–Crippen MR) is 96.0 cm³/mol. The molecule has 0 radical (unpaired) electrons. The molecule has 4 heterocycles. The zero-order chi connectivity index (χ0) is 19.2. The van der Waals surface area contributed by atoms with Gasteiger partial charge in [-0.2, -0.15) is 0 Å². The van der Waals surface area contributed by atoms with Crippen molar-refractivity contribution in [1.82, 2.24) is 29.9 Å². The summed E-state index contributed by atoms with van der Waals surface area (Å²) in [5.41, 5.74) is 0.303. The zero-order valence-corrected chi connectivity index (χ0v) is 15.4. The number of aromatic nitrogens is 3. The largest absolute Gasteiger partial charge is 0.337 e. The van der Waals surface area contributed by atoms with Crippen LogP contribution in [0.4, 0.5) is 4.79 Å². The smallest absolute Gasteiger partial charge is 0.322 e. The number of carbonyl (C=O) groups excluding carboxylic acids is 3. The van der Waals surface area contributed by atoms with Crippen LogP contribution in [-0.2, 0) is 4.79 Å². The van der Waals surface area contributed by atoms with Gasteiger partial charge in [0.05, 0.1) is 5.69 Å². The summed E-state index contributed by atoms with van der Waals surface area (Å²) in [7, 11) is 0. The van der Waals surface area contributed by atoms with Crippen LogP contribution in [0.3, 0.4) is 0 Å². The lowest BCUT2D eigenvalue weighted by atomic mass is 9.76. The normalized spacial score (nSPS) is 23.6. The molecule has 1 atom stereocenters. The van der Waals surface area contributed by atoms with E-state index in [1.165, 1.54) is 0 Å². The number of rotatable bonds is 3. The second-order valence-electron chi connectivity index (χ2n) is 7.14. The van der Waals surface area contributed by atoms with Crippen molar-refractivity contribution in [3.8, 4) is 0 Å². The Bertz CT molecular complexity index is 930. The number of nitrogens with zero attached hydrogens (tertiary/aromatic N) is 4. The molecule has 0 saturated carbocycles. The summed E-state index contributed by atoms with van der Waals surface area (Å²) in [6.07, 6.45) is 5.27. The Hall–Kier alpha value is -2.97. The number of aryl methyl sites for hydroxylation is 1. The van der Waals surface area contributed by atoms with E-state index < -0.39 is 11.6 Å². The molecule has 2 aromatic rings. The van der Waals surface area contributed by atoms with Gasteiger partial charge < -0.3 is 10.2 Å². The third-order valence-electron chi connectivity index (χ3n) is 5.79. The summed E-state index contributed by atoms with van der Waals surface area (Å²) in [5.74, 6) is 0.159. The SMILES string of the molecule is CC[C@@]1(C2CCN(C(=O)c3c(C)nc4ncccn34)CC2)NC(=O)NC1=O. The topological polar surface area (TPSA) is 109 Å². The Morgan fingerprint density at radius 3 is 2.70 bits per heavy atom. The molecular formula is C18H22N6O3. The van der Waals surface area contributed by atoms with Crippen LogP contribution in [0.5, 0.6) is 0 Å². The van der Waals surface area contributed by atoms with Crippen molar-refractivity contribution in [2.75, 3.05) is 13.1 Å². The van der Waals surface area contributed by atoms with Crippen molar-refractivity contribution >= 4 is 23.6 Å². The van der Waals surface area contributed by atoms with Crippen molar-refractivity contribution < 1.29 is 14.4 Å². The maximum Gasteiger partial charge on any atom is 0.322 e. The molecular weight excluding hydrogens is 348 g/mol. The van der Waals surface area contributed by atoms with Gasteiger partial charge in [0.1, 0.15) is 11.2 Å². The summed E-state index contributed by atoms with van der Waals surface area (Å²) >= 11 is 0. The number of imidazole rings is 1. The Morgan fingerprint density at radius 2 is 2.07 bits per heavy atom. The molecule has 9 heteroatoms. The number of likely N-dealkylation sites (tertiary alicyclic amines) is 1. The van der Waals surface area contributed by atoms with Gasteiger partial charge in [-0.3, -0.25) is 19.3 Å². The minimum absolute atomic E-state index is 0.00273. The number of nitrogens with one attached hydrogen (secondary N) is 2. The highest BCUT2D eigenvalue weighted by molar-refractivity contribution is 6.07. The standard InChI is InChI=1S/C18H22N6O3/c1-3-18(15(26)21-17(27)22-18)12-5-9-23(10-6-12)14(25)13-11(2)20-16-19-7-4-8-24(13)16/h4,7-8,12H,3,5-6,9-10H2,1-2H3,(H2,21,22,26,27)/t18-/m0/s1. The van der Waals surface area contributed by atoms with E-state index in [9.17, 15) is 14.4 Å². The average molecular weight is 370 g/mol. The number of piperidine rings is 1. The maximum absolute atomic E-state index is 13.1. The van der Waals surface area contributed by atoms with E-state index in [-0.39, 0.29) is 17.7 Å². The summed E-state index contributed by atoms with van der Waals surface area (Å²) < 4.78 is 1.71. The minimum Gasteiger partial charge on any atom is -0.337 e. The Kier molecular flexibility index (Phi) is 4.09. The quantitative estimate of drug-likeness (QED) is 0.780. The van der Waals surface area contributed by atoms with Crippen LogP contribution in [0, 0.1) is 12.8 Å². The van der Waals surface area contributed by atoms with Gasteiger partial charge in [0.15, 0.2) is 0 Å². The van der Waals surface area contributed by atoms with Crippen molar-refractivity contribution in [3.63, 3.8) is 0 Å². The molecule has 2 aliphatic heterocycles. The molecule has 142 valence electrons. The number of amides is 4. The van der Waals surface area contributed by atoms with Crippen LogP contribution in [-0.4, -0.2) is 55.7 Å². The first kappa shape index (κ1) is 17.4. The van der Waals surface area contributed by atoms with E-state index in [0.717, 1.165) is 0 Å². The highest BCUT2D eigenvalue weighted by Crippen LogP contribution is 2.34. The fourth-order valence-electron chi connectivity index (χ4n) is 4.31. The lowest BCUT2D eigenvalue weighted by molar-refractivity contribution is -0.126. The average Bonchev–Trinajstić information content (AvgIpc) is 3.16. The van der Waals surface area contributed by atoms with Crippen LogP contribution in [0.25, 0.3) is 5.78 Å². The molecule has 2 saturated heterocycles. The van der Waals surface area contributed by atoms with Crippen molar-refractivity contribution in [2.45, 2.75) is 38.6 Å². The van der Waals surface area contributed by atoms with Crippen LogP contribution in [0.15, 0.2) is 18.5 Å². The first-order valence-corrected chi connectivity index (χ1v) is 9.19. The third kappa shape index (κ3) is 2.65. The molecule has 0 aromatic carbocycles. The highest BCUT2D eigenvalue weighted by Gasteiger charge is 2.51. The highest BCUT2D eigenvalue weighted by atomic mass is 16.2. The lowest BCUT2D eigenvalue weighted by Crippen LogP contribution is -2.56. The van der Waals surface area contributed by atoms with Gasteiger partial charge >= 0.3 is 6.03 Å². The molecule has 27 heavy (non-hydrogen) atoms. The number of fused-ring (bicyclic) bond motifs is 1. The lowest BCUT2D eigenvalue weighted by Gasteiger charge is -2.40. The molecule has 4 amide bonds. The second-order valence-corrected chi connectivity index (χ2v) is 7.14. The third-order valence-corrected chi connectivity index (χ3v) is 5.79. The van der Waals surface area contributed by atoms with Crippen LogP contribution < -0.4 is 10.6 Å². The van der Waals surface area contributed by atoms with Gasteiger partial charge in [-0.25, -0.2) is 14.8 Å². The minimum atomic E-state index is -0.866. The fourth-order valence-corrected chi connectivity index (χ4v) is 4.31. The Morgan fingerprint density at radius 1 is 1.33 bits per heavy atom. The summed E-state index contributed by atoms with van der Waals surface area (Å²) in [6.45, 7) is 4.76. The summed E-state index contributed by atoms with van der Waals surface area (Å²) in [4.78, 5) is 47.4. The maximum atomic E-state index is 13.1. The van der Waals surface area contributed by atoms with Crippen molar-refractivity contribution in [1.29, 1.82) is 0 Å². The Labute approximate surface area is 156 Å². The molecule has 2 aliphatic rings. The van der Waals surface area contributed by atoms with Gasteiger partial charge in [-0.1, -0.05) is 6.92 Å². The number of imide groups is 1. The fraction of sp³-hybridized carbons (Fsp3) is 0.500. The number of hydrogen-bond acceptors (Lipinski definition) is 5. The monoisotopic (exact) mass is 370 g/mol. The number of hydrogen-bond donors (Lipinski definition) is 2. The molecule has 0 unspecified atom stereocenters. The Balaban J connectivity index is 1.52. The van der Waals surface area contributed by atoms with E-state index in [0.29, 0.717) is 49.5 Å². The van der Waals surface area contributed by atoms with Crippen LogP contribution in [0.1, 0.15) is 42.4 Å². The summed E-state index contributed by atoms with van der Waals surface area (Å²) in [6, 6.07) is 1.33. The number of urea groups is 1. The zero-order valence-electron chi connectivity index (χ0n) is 15.4. The van der Waals surface area contributed by atoms with Crippen LogP contribution >= 0.6 is 0 Å². The van der Waals surface area contributed by atoms with E-state index in [1.54, 1.807) is 34.7 Å². The molecule has 4 rings (SSSR count). The van der Waals surface area contributed by atoms with Gasteiger partial charge in [0.2, 0.25) is 5.78 Å². The molecule has 9 nitrogen and oxygen atoms in total. The molecule has 2 N–H and O–H groups in total. The van der Waals surface area contributed by atoms with Gasteiger partial charge in [0.25, 0.3) is 11.8 Å². The second kappa shape index (κ2) is 6.33.